The van der Waals surface area contributed by atoms with Crippen LogP contribution in [0, 0.1) is 40.0 Å². The Hall–Kier alpha value is -4.28. The van der Waals surface area contributed by atoms with Gasteiger partial charge in [-0.1, -0.05) is 38.5 Å². The van der Waals surface area contributed by atoms with Crippen LogP contribution in [0.5, 0.6) is 0 Å². The van der Waals surface area contributed by atoms with Gasteiger partial charge in [-0.2, -0.15) is 0 Å². The summed E-state index contributed by atoms with van der Waals surface area (Å²) < 4.78 is 13.4. The molecule has 2 aliphatic rings. The van der Waals surface area contributed by atoms with E-state index in [0.29, 0.717) is 0 Å². The van der Waals surface area contributed by atoms with E-state index in [1.807, 2.05) is 11.3 Å². The van der Waals surface area contributed by atoms with E-state index < -0.39 is 5.66 Å². The lowest BCUT2D eigenvalue weighted by atomic mass is 9.86. The van der Waals surface area contributed by atoms with Gasteiger partial charge >= 0.3 is 5.66 Å². The predicted molar refractivity (Wildman–Crippen MR) is 185 cm³/mol. The molecule has 45 heavy (non-hydrogen) atoms. The van der Waals surface area contributed by atoms with Crippen molar-refractivity contribution in [2.45, 2.75) is 67.5 Å². The molecular weight excluding hydrogens is 569 g/mol. The van der Waals surface area contributed by atoms with E-state index >= 15 is 0 Å². The Bertz CT molecular complexity index is 2450. The number of rotatable bonds is 1. The minimum atomic E-state index is -0.563. The first-order valence-corrected chi connectivity index (χ1v) is 16.9. The highest BCUT2D eigenvalue weighted by Crippen LogP contribution is 2.51. The quantitative estimate of drug-likeness (QED) is 0.170. The molecule has 0 radical (unpaired) electrons. The lowest BCUT2D eigenvalue weighted by Crippen LogP contribution is -2.71. The number of thiophene rings is 1. The molecule has 6 heterocycles. The monoisotopic (exact) mass is 606 g/mol. The third-order valence-corrected chi connectivity index (χ3v) is 11.3. The van der Waals surface area contributed by atoms with Gasteiger partial charge in [-0.3, -0.25) is 0 Å². The predicted octanol–water partition coefficient (Wildman–Crippen LogP) is 9.76. The fourth-order valence-electron chi connectivity index (χ4n) is 8.16. The van der Waals surface area contributed by atoms with E-state index in [0.717, 1.165) is 17.6 Å². The van der Waals surface area contributed by atoms with Crippen LogP contribution in [-0.4, -0.2) is 0 Å². The summed E-state index contributed by atoms with van der Waals surface area (Å²) in [6.07, 6.45) is 5.82. The average molecular weight is 607 g/mol. The molecule has 4 heteroatoms. The van der Waals surface area contributed by atoms with Crippen molar-refractivity contribution < 1.29 is 13.6 Å². The van der Waals surface area contributed by atoms with Crippen LogP contribution in [0.15, 0.2) is 77.5 Å². The number of aromatic nitrogens is 2. The molecule has 1 spiro atoms. The fraction of sp³-hybridized carbons (Fsp3) is 0.268. The molecule has 2 aliphatic heterocycles. The first kappa shape index (κ1) is 27.1. The van der Waals surface area contributed by atoms with Gasteiger partial charge in [0.2, 0.25) is 11.4 Å². The Morgan fingerprint density at radius 1 is 0.711 bits per heavy atom. The second kappa shape index (κ2) is 8.70. The lowest BCUT2D eigenvalue weighted by Gasteiger charge is -2.21. The Labute approximate surface area is 268 Å². The molecule has 0 amide bonds. The van der Waals surface area contributed by atoms with Crippen molar-refractivity contribution in [1.29, 1.82) is 0 Å². The Balaban J connectivity index is 1.48. The summed E-state index contributed by atoms with van der Waals surface area (Å²) in [5.74, 6) is 0. The van der Waals surface area contributed by atoms with Gasteiger partial charge in [0.05, 0.1) is 10.3 Å². The van der Waals surface area contributed by atoms with Crippen LogP contribution in [0.1, 0.15) is 64.6 Å². The number of hydrogen-bond acceptors (Lipinski definition) is 2. The Kier molecular flexibility index (Phi) is 5.23. The van der Waals surface area contributed by atoms with Crippen molar-refractivity contribution >= 4 is 43.4 Å². The molecule has 222 valence electrons. The van der Waals surface area contributed by atoms with Crippen molar-refractivity contribution in [1.82, 2.24) is 0 Å². The van der Waals surface area contributed by atoms with Crippen LogP contribution in [0.3, 0.4) is 0 Å². The maximum Gasteiger partial charge on any atom is 0.417 e. The van der Waals surface area contributed by atoms with Crippen LogP contribution in [0.2, 0.25) is 0 Å². The van der Waals surface area contributed by atoms with Crippen LogP contribution < -0.4 is 9.13 Å². The number of pyridine rings is 2. The molecule has 3 aromatic carbocycles. The summed E-state index contributed by atoms with van der Waals surface area (Å²) in [6, 6.07) is 23.4. The largest absolute Gasteiger partial charge is 0.454 e. The zero-order chi connectivity index (χ0) is 31.2. The summed E-state index contributed by atoms with van der Waals surface area (Å²) >= 11 is 1.83. The van der Waals surface area contributed by atoms with Crippen molar-refractivity contribution in [3.63, 3.8) is 0 Å². The van der Waals surface area contributed by atoms with Gasteiger partial charge in [0.25, 0.3) is 0 Å². The minimum Gasteiger partial charge on any atom is -0.454 e. The van der Waals surface area contributed by atoms with Gasteiger partial charge < -0.3 is 4.42 Å². The molecule has 1 atom stereocenters. The van der Waals surface area contributed by atoms with Crippen molar-refractivity contribution in [3.8, 4) is 22.5 Å². The molecule has 4 aromatic heterocycles. The molecule has 0 bridgehead atoms. The third kappa shape index (κ3) is 3.46. The normalized spacial score (nSPS) is 16.6. The first-order valence-electron chi connectivity index (χ1n) is 16.1. The van der Waals surface area contributed by atoms with Crippen molar-refractivity contribution in [2.75, 3.05) is 0 Å². The van der Waals surface area contributed by atoms with Gasteiger partial charge in [0.1, 0.15) is 22.3 Å². The third-order valence-electron chi connectivity index (χ3n) is 10.3. The summed E-state index contributed by atoms with van der Waals surface area (Å²) in [7, 11) is 0. The maximum absolute atomic E-state index is 7.08. The number of benzene rings is 3. The van der Waals surface area contributed by atoms with Crippen LogP contribution >= 0.6 is 11.3 Å². The van der Waals surface area contributed by atoms with E-state index in [2.05, 4.69) is 138 Å². The van der Waals surface area contributed by atoms with Crippen molar-refractivity contribution in [2.24, 2.45) is 5.41 Å². The number of fused-ring (bicyclic) bond motifs is 16. The van der Waals surface area contributed by atoms with Crippen LogP contribution in [0.25, 0.3) is 54.5 Å². The molecule has 0 saturated carbocycles. The summed E-state index contributed by atoms with van der Waals surface area (Å²) in [6.45, 7) is 18.2. The summed E-state index contributed by atoms with van der Waals surface area (Å²) in [5, 5.41) is 3.63. The molecule has 3 nitrogen and oxygen atoms in total. The van der Waals surface area contributed by atoms with Gasteiger partial charge in [0, 0.05) is 38.9 Å². The van der Waals surface area contributed by atoms with E-state index in [-0.39, 0.29) is 5.41 Å². The molecule has 1 unspecified atom stereocenters. The van der Waals surface area contributed by atoms with Gasteiger partial charge in [0.15, 0.2) is 18.0 Å². The first-order chi connectivity index (χ1) is 21.5. The zero-order valence-electron chi connectivity index (χ0n) is 27.3. The highest BCUT2D eigenvalue weighted by Gasteiger charge is 2.67. The van der Waals surface area contributed by atoms with Crippen LogP contribution in [0.4, 0.5) is 0 Å². The second-order valence-corrected chi connectivity index (χ2v) is 16.0. The van der Waals surface area contributed by atoms with Crippen molar-refractivity contribution in [3.05, 3.63) is 117 Å². The van der Waals surface area contributed by atoms with Gasteiger partial charge in [-0.15, -0.1) is 20.5 Å². The van der Waals surface area contributed by atoms with Gasteiger partial charge in [-0.05, 0) is 99.4 Å². The number of aryl methyl sites for hydroxylation is 5. The number of hydrogen-bond donors (Lipinski definition) is 0. The number of nitrogens with zero attached hydrogens (tertiary/aromatic N) is 2. The number of furan rings is 1. The molecule has 0 aliphatic carbocycles. The summed E-state index contributed by atoms with van der Waals surface area (Å²) in [4.78, 5) is 1.31. The SMILES string of the molecule is Cc1ccc2c(c1)C1(c3ccc4c(oc5c4ccc4cc(C)sc45)c3-c3cc(CC(C)(C)C)c(C)c[n+]31)[n+]1cc(C)c(C)cc1-2. The molecule has 0 fully saturated rings. The van der Waals surface area contributed by atoms with E-state index in [1.165, 1.54) is 87.2 Å². The Morgan fingerprint density at radius 2 is 1.44 bits per heavy atom. The standard InChI is InChI=1S/C41H38N2OS/c1-22-9-11-31-33(15-22)41(42-20-24(3)23(2)16-34(31)42)32-14-13-29-30-12-10-27-17-26(5)45-39(27)38(30)44-37(29)36(32)35-18-28(19-40(6,7)8)25(4)21-43(35)41/h9-18,20-21H,19H2,1-8H3/q+2. The maximum atomic E-state index is 7.08. The minimum absolute atomic E-state index is 0.170. The highest BCUT2D eigenvalue weighted by molar-refractivity contribution is 7.19. The molecular formula is C41H38N2OS+2. The molecule has 0 saturated heterocycles. The van der Waals surface area contributed by atoms with E-state index in [9.17, 15) is 0 Å². The van der Waals surface area contributed by atoms with E-state index in [4.69, 9.17) is 4.42 Å². The van der Waals surface area contributed by atoms with Crippen LogP contribution in [-0.2, 0) is 12.1 Å². The highest BCUT2D eigenvalue weighted by atomic mass is 32.1. The molecule has 7 aromatic rings. The smallest absolute Gasteiger partial charge is 0.417 e. The molecule has 9 rings (SSSR count). The fourth-order valence-corrected chi connectivity index (χ4v) is 9.16. The molecule has 0 N–H and O–H groups in total. The lowest BCUT2D eigenvalue weighted by molar-refractivity contribution is -0.955. The average Bonchev–Trinajstić information content (AvgIpc) is 3.68. The topological polar surface area (TPSA) is 20.9 Å². The summed E-state index contributed by atoms with van der Waals surface area (Å²) in [5.41, 5.74) is 15.8. The van der Waals surface area contributed by atoms with E-state index in [1.54, 1.807) is 0 Å². The van der Waals surface area contributed by atoms with Gasteiger partial charge in [-0.25, -0.2) is 0 Å². The zero-order valence-corrected chi connectivity index (χ0v) is 28.2. The Morgan fingerprint density at radius 3 is 2.24 bits per heavy atom. The second-order valence-electron chi connectivity index (χ2n) is 14.8.